The van der Waals surface area contributed by atoms with Crippen LogP contribution in [0.25, 0.3) is 0 Å². The molecule has 0 saturated carbocycles. The highest BCUT2D eigenvalue weighted by atomic mass is 19.1. The van der Waals surface area contributed by atoms with E-state index in [1.165, 1.54) is 17.0 Å². The first-order valence-electron chi connectivity index (χ1n) is 9.74. The van der Waals surface area contributed by atoms with Gasteiger partial charge in [-0.3, -0.25) is 14.5 Å². The minimum Gasteiger partial charge on any atom is -0.349 e. The number of carbonyl (C=O) groups excluding carboxylic acids is 2. The van der Waals surface area contributed by atoms with E-state index in [9.17, 15) is 14.0 Å². The van der Waals surface area contributed by atoms with Gasteiger partial charge in [0.15, 0.2) is 0 Å². The molecule has 150 valence electrons. The summed E-state index contributed by atoms with van der Waals surface area (Å²) in [7, 11) is 3.42. The molecule has 1 aromatic rings. The van der Waals surface area contributed by atoms with Crippen molar-refractivity contribution in [3.8, 4) is 0 Å². The Labute approximate surface area is 162 Å². The lowest BCUT2D eigenvalue weighted by Crippen LogP contribution is -2.45. The summed E-state index contributed by atoms with van der Waals surface area (Å²) in [6.45, 7) is 7.40. The van der Waals surface area contributed by atoms with Crippen LogP contribution in [-0.4, -0.2) is 66.3 Å². The maximum atomic E-state index is 13.2. The number of rotatable bonds is 6. The number of nitrogens with zero attached hydrogens (tertiary/aromatic N) is 3. The monoisotopic (exact) mass is 377 g/mol. The van der Waals surface area contributed by atoms with Crippen LogP contribution in [0.5, 0.6) is 0 Å². The van der Waals surface area contributed by atoms with Crippen molar-refractivity contribution in [1.29, 1.82) is 0 Å². The molecule has 0 spiro atoms. The van der Waals surface area contributed by atoms with Gasteiger partial charge in [0.2, 0.25) is 11.8 Å². The number of carbonyl (C=O) groups is 2. The van der Waals surface area contributed by atoms with Crippen LogP contribution in [-0.2, 0) is 16.1 Å². The van der Waals surface area contributed by atoms with Crippen molar-refractivity contribution >= 4 is 11.8 Å². The average molecular weight is 378 g/mol. The summed E-state index contributed by atoms with van der Waals surface area (Å²) in [5.74, 6) is 0.206. The average Bonchev–Trinajstić information content (AvgIpc) is 2.84. The Morgan fingerprint density at radius 1 is 1.15 bits per heavy atom. The van der Waals surface area contributed by atoms with Crippen LogP contribution >= 0.6 is 0 Å². The molecule has 0 aliphatic carbocycles. The zero-order chi connectivity index (χ0) is 20.0. The standard InChI is InChI=1S/C21H32FN3O2/c1-16(2)19-15-25(21(27)11-10-20(26)23(3)4)13-5-12-24(19)14-17-6-8-18(22)9-7-17/h6-9,16,19H,5,10-15H2,1-4H3/t19-/m1/s1. The molecule has 2 rings (SSSR count). The van der Waals surface area contributed by atoms with Crippen molar-refractivity contribution in [1.82, 2.24) is 14.7 Å². The van der Waals surface area contributed by atoms with Crippen LogP contribution in [0.1, 0.15) is 38.7 Å². The van der Waals surface area contributed by atoms with Crippen molar-refractivity contribution in [2.45, 2.75) is 45.7 Å². The Bertz CT molecular complexity index is 631. The molecule has 1 heterocycles. The SMILES string of the molecule is CC(C)[C@H]1CN(C(=O)CCC(=O)N(C)C)CCCN1Cc1ccc(F)cc1. The van der Waals surface area contributed by atoms with E-state index in [0.717, 1.165) is 31.6 Å². The van der Waals surface area contributed by atoms with E-state index in [2.05, 4.69) is 18.7 Å². The lowest BCUT2D eigenvalue weighted by molar-refractivity contribution is -0.136. The fourth-order valence-electron chi connectivity index (χ4n) is 3.54. The van der Waals surface area contributed by atoms with Gasteiger partial charge in [-0.25, -0.2) is 4.39 Å². The molecule has 0 bridgehead atoms. The van der Waals surface area contributed by atoms with Crippen molar-refractivity contribution in [2.75, 3.05) is 33.7 Å². The molecular formula is C21H32FN3O2. The van der Waals surface area contributed by atoms with E-state index in [1.807, 2.05) is 17.0 Å². The van der Waals surface area contributed by atoms with E-state index < -0.39 is 0 Å². The van der Waals surface area contributed by atoms with Gasteiger partial charge in [0.05, 0.1) is 0 Å². The first kappa shape index (κ1) is 21.4. The minimum atomic E-state index is -0.223. The van der Waals surface area contributed by atoms with Crippen LogP contribution in [0.3, 0.4) is 0 Å². The summed E-state index contributed by atoms with van der Waals surface area (Å²) >= 11 is 0. The third kappa shape index (κ3) is 6.31. The number of benzene rings is 1. The molecule has 0 aromatic heterocycles. The summed E-state index contributed by atoms with van der Waals surface area (Å²) in [5, 5.41) is 0. The molecular weight excluding hydrogens is 345 g/mol. The van der Waals surface area contributed by atoms with E-state index in [0.29, 0.717) is 12.5 Å². The Hall–Kier alpha value is -1.95. The van der Waals surface area contributed by atoms with Crippen LogP contribution in [0.15, 0.2) is 24.3 Å². The van der Waals surface area contributed by atoms with Crippen LogP contribution < -0.4 is 0 Å². The van der Waals surface area contributed by atoms with Gasteiger partial charge in [0.1, 0.15) is 5.82 Å². The van der Waals surface area contributed by atoms with E-state index in [1.54, 1.807) is 14.1 Å². The molecule has 27 heavy (non-hydrogen) atoms. The van der Waals surface area contributed by atoms with Crippen molar-refractivity contribution in [3.05, 3.63) is 35.6 Å². The number of hydrogen-bond acceptors (Lipinski definition) is 3. The van der Waals surface area contributed by atoms with Crippen LogP contribution in [0, 0.1) is 11.7 Å². The second-order valence-corrected chi connectivity index (χ2v) is 7.89. The Morgan fingerprint density at radius 3 is 2.41 bits per heavy atom. The van der Waals surface area contributed by atoms with Gasteiger partial charge in [0, 0.05) is 59.2 Å². The van der Waals surface area contributed by atoms with Gasteiger partial charge in [-0.05, 0) is 30.0 Å². The maximum Gasteiger partial charge on any atom is 0.223 e. The highest BCUT2D eigenvalue weighted by Gasteiger charge is 2.29. The Balaban J connectivity index is 2.01. The largest absolute Gasteiger partial charge is 0.349 e. The molecule has 1 aliphatic heterocycles. The van der Waals surface area contributed by atoms with Crippen molar-refractivity contribution in [2.24, 2.45) is 5.92 Å². The van der Waals surface area contributed by atoms with Gasteiger partial charge >= 0.3 is 0 Å². The third-order valence-corrected chi connectivity index (χ3v) is 5.22. The first-order valence-corrected chi connectivity index (χ1v) is 9.74. The summed E-state index contributed by atoms with van der Waals surface area (Å²) < 4.78 is 13.2. The molecule has 0 unspecified atom stereocenters. The van der Waals surface area contributed by atoms with Gasteiger partial charge in [-0.15, -0.1) is 0 Å². The maximum absolute atomic E-state index is 13.2. The third-order valence-electron chi connectivity index (χ3n) is 5.22. The van der Waals surface area contributed by atoms with Gasteiger partial charge in [0.25, 0.3) is 0 Å². The minimum absolute atomic E-state index is 0.0171. The fraction of sp³-hybridized carbons (Fsp3) is 0.619. The quantitative estimate of drug-likeness (QED) is 0.766. The lowest BCUT2D eigenvalue weighted by atomic mass is 10.0. The molecule has 0 N–H and O–H groups in total. The molecule has 0 radical (unpaired) electrons. The zero-order valence-corrected chi connectivity index (χ0v) is 16.9. The Morgan fingerprint density at radius 2 is 1.81 bits per heavy atom. The van der Waals surface area contributed by atoms with E-state index in [-0.39, 0.29) is 36.5 Å². The van der Waals surface area contributed by atoms with Gasteiger partial charge < -0.3 is 9.80 Å². The highest BCUT2D eigenvalue weighted by Crippen LogP contribution is 2.21. The predicted molar refractivity (Wildman–Crippen MR) is 105 cm³/mol. The number of amides is 2. The number of halogens is 1. The molecule has 6 heteroatoms. The molecule has 1 atom stereocenters. The highest BCUT2D eigenvalue weighted by molar-refractivity contribution is 5.83. The molecule has 5 nitrogen and oxygen atoms in total. The first-order chi connectivity index (χ1) is 12.8. The van der Waals surface area contributed by atoms with Crippen LogP contribution in [0.4, 0.5) is 4.39 Å². The second kappa shape index (κ2) is 9.83. The topological polar surface area (TPSA) is 43.9 Å². The molecule has 2 amide bonds. The lowest BCUT2D eigenvalue weighted by Gasteiger charge is -2.34. The predicted octanol–water partition coefficient (Wildman–Crippen LogP) is 2.75. The van der Waals surface area contributed by atoms with Gasteiger partial charge in [-0.2, -0.15) is 0 Å². The smallest absolute Gasteiger partial charge is 0.223 e. The normalized spacial score (nSPS) is 18.4. The molecule has 1 saturated heterocycles. The van der Waals surface area contributed by atoms with Crippen LogP contribution in [0.2, 0.25) is 0 Å². The van der Waals surface area contributed by atoms with Crippen molar-refractivity contribution < 1.29 is 14.0 Å². The number of hydrogen-bond donors (Lipinski definition) is 0. The van der Waals surface area contributed by atoms with E-state index in [4.69, 9.17) is 0 Å². The summed E-state index contributed by atoms with van der Waals surface area (Å²) in [5.41, 5.74) is 1.08. The zero-order valence-electron chi connectivity index (χ0n) is 16.9. The molecule has 1 fully saturated rings. The summed E-state index contributed by atoms with van der Waals surface area (Å²) in [6.07, 6.45) is 1.42. The van der Waals surface area contributed by atoms with E-state index >= 15 is 0 Å². The fourth-order valence-corrected chi connectivity index (χ4v) is 3.54. The summed E-state index contributed by atoms with van der Waals surface area (Å²) in [6, 6.07) is 6.89. The molecule has 1 aromatic carbocycles. The van der Waals surface area contributed by atoms with Crippen molar-refractivity contribution in [3.63, 3.8) is 0 Å². The van der Waals surface area contributed by atoms with Gasteiger partial charge in [-0.1, -0.05) is 26.0 Å². The Kier molecular flexibility index (Phi) is 7.78. The second-order valence-electron chi connectivity index (χ2n) is 7.89. The molecule has 1 aliphatic rings. The summed E-state index contributed by atoms with van der Waals surface area (Å²) in [4.78, 5) is 30.3.